The van der Waals surface area contributed by atoms with Crippen molar-refractivity contribution in [2.75, 3.05) is 32.9 Å². The van der Waals surface area contributed by atoms with Gasteiger partial charge in [-0.2, -0.15) is 0 Å². The minimum atomic E-state index is -0.214. The third kappa shape index (κ3) is 3.41. The third-order valence-electron chi connectivity index (χ3n) is 3.31. The minimum absolute atomic E-state index is 0.214. The maximum Gasteiger partial charge on any atom is 0.123 e. The summed E-state index contributed by atoms with van der Waals surface area (Å²) < 4.78 is 0. The number of nitrogens with zero attached hydrogens (tertiary/aromatic N) is 3. The maximum atomic E-state index is 9.82. The van der Waals surface area contributed by atoms with Crippen molar-refractivity contribution in [1.82, 2.24) is 14.8 Å². The molecule has 1 fully saturated rings. The lowest BCUT2D eigenvalue weighted by molar-refractivity contribution is 0.169. The molecule has 100 valence electrons. The van der Waals surface area contributed by atoms with Crippen molar-refractivity contribution < 1.29 is 5.11 Å². The first-order valence-electron chi connectivity index (χ1n) is 6.32. The summed E-state index contributed by atoms with van der Waals surface area (Å²) in [6.07, 6.45) is 2.37. The van der Waals surface area contributed by atoms with Gasteiger partial charge in [-0.3, -0.25) is 4.90 Å². The summed E-state index contributed by atoms with van der Waals surface area (Å²) in [5.41, 5.74) is 6.84. The highest BCUT2D eigenvalue weighted by atomic mass is 16.3. The van der Waals surface area contributed by atoms with Gasteiger partial charge >= 0.3 is 0 Å². The number of hydrogen-bond acceptors (Lipinski definition) is 5. The predicted octanol–water partition coefficient (Wildman–Crippen LogP) is 0.161. The van der Waals surface area contributed by atoms with Gasteiger partial charge in [0.05, 0.1) is 6.10 Å². The molecule has 0 amide bonds. The molecule has 5 heteroatoms. The Bertz CT molecular complexity index is 396. The quantitative estimate of drug-likeness (QED) is 0.797. The summed E-state index contributed by atoms with van der Waals surface area (Å²) in [5.74, 6) is 0.552. The topological polar surface area (TPSA) is 65.6 Å². The van der Waals surface area contributed by atoms with Crippen LogP contribution in [0, 0.1) is 0 Å². The molecule has 18 heavy (non-hydrogen) atoms. The molecule has 1 aliphatic rings. The number of nitrogens with two attached hydrogens (primary N) is 1. The summed E-state index contributed by atoms with van der Waals surface area (Å²) >= 11 is 0. The van der Waals surface area contributed by atoms with Crippen molar-refractivity contribution in [3.05, 3.63) is 23.9 Å². The minimum Gasteiger partial charge on any atom is -0.392 e. The number of pyridine rings is 1. The zero-order chi connectivity index (χ0) is 13.1. The van der Waals surface area contributed by atoms with Crippen LogP contribution in [0.4, 0.5) is 5.82 Å². The summed E-state index contributed by atoms with van der Waals surface area (Å²) in [7, 11) is 4.13. The van der Waals surface area contributed by atoms with E-state index in [4.69, 9.17) is 5.73 Å². The molecule has 1 aromatic rings. The Kier molecular flexibility index (Phi) is 4.16. The summed E-state index contributed by atoms with van der Waals surface area (Å²) in [4.78, 5) is 8.48. The number of rotatable bonds is 4. The molecule has 2 unspecified atom stereocenters. The van der Waals surface area contributed by atoms with Gasteiger partial charge in [-0.05, 0) is 38.2 Å². The van der Waals surface area contributed by atoms with Crippen LogP contribution in [0.1, 0.15) is 12.0 Å². The Balaban J connectivity index is 2.02. The van der Waals surface area contributed by atoms with Crippen molar-refractivity contribution >= 4 is 5.82 Å². The van der Waals surface area contributed by atoms with E-state index in [1.165, 1.54) is 0 Å². The molecule has 2 heterocycles. The normalized spacial score (nSPS) is 24.9. The first-order chi connectivity index (χ1) is 8.54. The van der Waals surface area contributed by atoms with Crippen LogP contribution in [-0.4, -0.2) is 59.2 Å². The number of anilines is 1. The summed E-state index contributed by atoms with van der Waals surface area (Å²) in [6.45, 7) is 2.53. The number of aliphatic hydroxyl groups is 1. The van der Waals surface area contributed by atoms with E-state index in [1.807, 2.05) is 12.1 Å². The number of likely N-dealkylation sites (N-methyl/N-ethyl adjacent to an activating group) is 1. The number of aliphatic hydroxyl groups excluding tert-OH is 1. The highest BCUT2D eigenvalue weighted by molar-refractivity contribution is 5.31. The molecule has 0 saturated carbocycles. The largest absolute Gasteiger partial charge is 0.392 e. The lowest BCUT2D eigenvalue weighted by Crippen LogP contribution is -2.37. The maximum absolute atomic E-state index is 9.82. The molecule has 0 spiro atoms. The second kappa shape index (κ2) is 5.65. The van der Waals surface area contributed by atoms with Crippen LogP contribution in [-0.2, 0) is 6.54 Å². The van der Waals surface area contributed by atoms with E-state index in [2.05, 4.69) is 28.9 Å². The third-order valence-corrected chi connectivity index (χ3v) is 3.31. The summed E-state index contributed by atoms with van der Waals surface area (Å²) in [6, 6.07) is 4.29. The highest BCUT2D eigenvalue weighted by Gasteiger charge is 2.30. The Morgan fingerprint density at radius 3 is 3.00 bits per heavy atom. The lowest BCUT2D eigenvalue weighted by Gasteiger charge is -2.26. The standard InChI is InChI=1S/C13H22N4O/c1-16(2)8-11-6-12(18)9-17(11)7-10-3-4-15-13(14)5-10/h3-5,11-12,18H,6-9H2,1-2H3,(H2,14,15). The van der Waals surface area contributed by atoms with Crippen LogP contribution in [0.5, 0.6) is 0 Å². The van der Waals surface area contributed by atoms with Gasteiger partial charge in [0.1, 0.15) is 5.82 Å². The average molecular weight is 250 g/mol. The molecule has 5 nitrogen and oxygen atoms in total. The Hall–Kier alpha value is -1.17. The van der Waals surface area contributed by atoms with Crippen LogP contribution in [0.15, 0.2) is 18.3 Å². The van der Waals surface area contributed by atoms with Crippen molar-refractivity contribution in [1.29, 1.82) is 0 Å². The lowest BCUT2D eigenvalue weighted by atomic mass is 10.2. The molecule has 0 aliphatic carbocycles. The molecular weight excluding hydrogens is 228 g/mol. The number of hydrogen-bond donors (Lipinski definition) is 2. The van der Waals surface area contributed by atoms with Crippen molar-refractivity contribution in [3.63, 3.8) is 0 Å². The number of likely N-dealkylation sites (tertiary alicyclic amines) is 1. The first-order valence-corrected chi connectivity index (χ1v) is 6.32. The van der Waals surface area contributed by atoms with Crippen molar-refractivity contribution in [3.8, 4) is 0 Å². The Morgan fingerprint density at radius 1 is 1.56 bits per heavy atom. The summed E-state index contributed by atoms with van der Waals surface area (Å²) in [5, 5.41) is 9.82. The van der Waals surface area contributed by atoms with Gasteiger partial charge in [0.25, 0.3) is 0 Å². The Labute approximate surface area is 108 Å². The number of nitrogen functional groups attached to an aromatic ring is 1. The molecular formula is C13H22N4O. The predicted molar refractivity (Wildman–Crippen MR) is 72.0 cm³/mol. The van der Waals surface area contributed by atoms with Gasteiger partial charge in [-0.25, -0.2) is 4.98 Å². The molecule has 2 rings (SSSR count). The van der Waals surface area contributed by atoms with Crippen LogP contribution >= 0.6 is 0 Å². The fraction of sp³-hybridized carbons (Fsp3) is 0.615. The molecule has 0 radical (unpaired) electrons. The van der Waals surface area contributed by atoms with E-state index in [0.717, 1.165) is 31.6 Å². The second-order valence-electron chi connectivity index (χ2n) is 5.32. The van der Waals surface area contributed by atoms with E-state index < -0.39 is 0 Å². The van der Waals surface area contributed by atoms with Crippen LogP contribution in [0.2, 0.25) is 0 Å². The van der Waals surface area contributed by atoms with Gasteiger partial charge < -0.3 is 15.7 Å². The molecule has 2 atom stereocenters. The molecule has 1 aromatic heterocycles. The monoisotopic (exact) mass is 250 g/mol. The smallest absolute Gasteiger partial charge is 0.123 e. The molecule has 0 bridgehead atoms. The molecule has 1 aliphatic heterocycles. The van der Waals surface area contributed by atoms with Crippen LogP contribution < -0.4 is 5.73 Å². The van der Waals surface area contributed by atoms with Gasteiger partial charge in [0.15, 0.2) is 0 Å². The molecule has 0 aromatic carbocycles. The van der Waals surface area contributed by atoms with E-state index in [-0.39, 0.29) is 6.10 Å². The zero-order valence-electron chi connectivity index (χ0n) is 11.1. The fourth-order valence-corrected chi connectivity index (χ4v) is 2.59. The van der Waals surface area contributed by atoms with Gasteiger partial charge in [-0.1, -0.05) is 0 Å². The SMILES string of the molecule is CN(C)CC1CC(O)CN1Cc1ccnc(N)c1. The molecule has 1 saturated heterocycles. The van der Waals surface area contributed by atoms with E-state index in [1.54, 1.807) is 6.20 Å². The number of aromatic nitrogens is 1. The van der Waals surface area contributed by atoms with E-state index in [0.29, 0.717) is 11.9 Å². The van der Waals surface area contributed by atoms with E-state index in [9.17, 15) is 5.11 Å². The highest BCUT2D eigenvalue weighted by Crippen LogP contribution is 2.21. The van der Waals surface area contributed by atoms with Crippen molar-refractivity contribution in [2.45, 2.75) is 25.1 Å². The first kappa shape index (κ1) is 13.3. The van der Waals surface area contributed by atoms with E-state index >= 15 is 0 Å². The van der Waals surface area contributed by atoms with Gasteiger partial charge in [0, 0.05) is 31.9 Å². The average Bonchev–Trinajstić information content (AvgIpc) is 2.58. The van der Waals surface area contributed by atoms with Gasteiger partial charge in [0.2, 0.25) is 0 Å². The van der Waals surface area contributed by atoms with Gasteiger partial charge in [-0.15, -0.1) is 0 Å². The van der Waals surface area contributed by atoms with Crippen LogP contribution in [0.3, 0.4) is 0 Å². The molecule has 3 N–H and O–H groups in total. The second-order valence-corrected chi connectivity index (χ2v) is 5.32. The van der Waals surface area contributed by atoms with Crippen LogP contribution in [0.25, 0.3) is 0 Å². The Morgan fingerprint density at radius 2 is 2.33 bits per heavy atom. The fourth-order valence-electron chi connectivity index (χ4n) is 2.59. The zero-order valence-corrected chi connectivity index (χ0v) is 11.1. The van der Waals surface area contributed by atoms with Crippen molar-refractivity contribution in [2.24, 2.45) is 0 Å². The number of β-amino-alcohol motifs (C(OH)–C–C–N with tert-alkyl or cyclic N) is 1.